The summed E-state index contributed by atoms with van der Waals surface area (Å²) in [5, 5.41) is 6.32. The minimum absolute atomic E-state index is 0.0332. The number of carbonyl (C=O) groups is 1. The van der Waals surface area contributed by atoms with E-state index >= 15 is 0 Å². The number of rotatable bonds is 4. The highest BCUT2D eigenvalue weighted by Crippen LogP contribution is 2.22. The molecule has 1 amide bonds. The Hall–Kier alpha value is -1.22. The summed E-state index contributed by atoms with van der Waals surface area (Å²) in [7, 11) is 0. The predicted octanol–water partition coefficient (Wildman–Crippen LogP) is 2.20. The molecule has 15 heavy (non-hydrogen) atoms. The molecule has 0 aromatic heterocycles. The van der Waals surface area contributed by atoms with Crippen LogP contribution in [0.25, 0.3) is 0 Å². The fourth-order valence-corrected chi connectivity index (χ4v) is 1.50. The van der Waals surface area contributed by atoms with Gasteiger partial charge in [-0.15, -0.1) is 0 Å². The highest BCUT2D eigenvalue weighted by Gasteiger charge is 2.02. The fourth-order valence-electron chi connectivity index (χ4n) is 1.20. The summed E-state index contributed by atoms with van der Waals surface area (Å²) >= 11 is 6.00. The van der Waals surface area contributed by atoms with Crippen molar-refractivity contribution in [1.29, 1.82) is 0 Å². The van der Waals surface area contributed by atoms with Crippen LogP contribution >= 0.6 is 11.6 Å². The van der Waals surface area contributed by atoms with E-state index in [1.165, 1.54) is 0 Å². The topological polar surface area (TPSA) is 41.1 Å². The molecule has 2 N–H and O–H groups in total. The second-order valence-corrected chi connectivity index (χ2v) is 3.70. The van der Waals surface area contributed by atoms with Gasteiger partial charge in [0.1, 0.15) is 0 Å². The maximum atomic E-state index is 11.2. The Morgan fingerprint density at radius 2 is 2.20 bits per heavy atom. The van der Waals surface area contributed by atoms with Crippen LogP contribution in [-0.4, -0.2) is 19.0 Å². The van der Waals surface area contributed by atoms with Gasteiger partial charge in [0, 0.05) is 6.54 Å². The van der Waals surface area contributed by atoms with Crippen molar-refractivity contribution in [2.75, 3.05) is 18.4 Å². The third-order valence-electron chi connectivity index (χ3n) is 1.94. The largest absolute Gasteiger partial charge is 0.375 e. The molecule has 0 saturated carbocycles. The number of benzene rings is 1. The standard InChI is InChI=1S/C11H15ClN2O/c1-3-13-11(15)7-14-10-5-4-8(2)6-9(10)12/h4-6,14H,3,7H2,1-2H3,(H,13,15). The van der Waals surface area contributed by atoms with Crippen molar-refractivity contribution < 1.29 is 4.79 Å². The molecule has 0 radical (unpaired) electrons. The Kier molecular flexibility index (Phi) is 4.43. The van der Waals surface area contributed by atoms with Crippen molar-refractivity contribution in [2.24, 2.45) is 0 Å². The van der Waals surface area contributed by atoms with Gasteiger partial charge in [-0.2, -0.15) is 0 Å². The third-order valence-corrected chi connectivity index (χ3v) is 2.25. The zero-order chi connectivity index (χ0) is 11.3. The van der Waals surface area contributed by atoms with Crippen molar-refractivity contribution in [3.63, 3.8) is 0 Å². The summed E-state index contributed by atoms with van der Waals surface area (Å²) < 4.78 is 0. The molecule has 0 aliphatic heterocycles. The Labute approximate surface area is 94.8 Å². The number of anilines is 1. The molecular weight excluding hydrogens is 212 g/mol. The number of likely N-dealkylation sites (N-methyl/N-ethyl adjacent to an activating group) is 1. The summed E-state index contributed by atoms with van der Waals surface area (Å²) in [4.78, 5) is 11.2. The van der Waals surface area contributed by atoms with Crippen LogP contribution in [0.3, 0.4) is 0 Å². The molecule has 0 saturated heterocycles. The van der Waals surface area contributed by atoms with Gasteiger partial charge < -0.3 is 10.6 Å². The van der Waals surface area contributed by atoms with Crippen molar-refractivity contribution in [2.45, 2.75) is 13.8 Å². The van der Waals surface area contributed by atoms with Gasteiger partial charge in [0.05, 0.1) is 17.3 Å². The number of carbonyl (C=O) groups excluding carboxylic acids is 1. The van der Waals surface area contributed by atoms with Crippen LogP contribution < -0.4 is 10.6 Å². The molecular formula is C11H15ClN2O. The van der Waals surface area contributed by atoms with Crippen LogP contribution in [0.2, 0.25) is 5.02 Å². The fraction of sp³-hybridized carbons (Fsp3) is 0.364. The van der Waals surface area contributed by atoms with Crippen LogP contribution in [0.5, 0.6) is 0 Å². The first kappa shape index (κ1) is 11.9. The van der Waals surface area contributed by atoms with E-state index in [2.05, 4.69) is 10.6 Å². The highest BCUT2D eigenvalue weighted by atomic mass is 35.5. The number of hydrogen-bond acceptors (Lipinski definition) is 2. The van der Waals surface area contributed by atoms with Crippen molar-refractivity contribution in [1.82, 2.24) is 5.32 Å². The maximum absolute atomic E-state index is 11.2. The number of amides is 1. The van der Waals surface area contributed by atoms with E-state index in [1.807, 2.05) is 32.0 Å². The summed E-state index contributed by atoms with van der Waals surface area (Å²) in [6.45, 7) is 4.75. The lowest BCUT2D eigenvalue weighted by Gasteiger charge is -2.08. The average Bonchev–Trinajstić information content (AvgIpc) is 2.17. The second kappa shape index (κ2) is 5.61. The molecule has 4 heteroatoms. The Morgan fingerprint density at radius 3 is 2.80 bits per heavy atom. The van der Waals surface area contributed by atoms with E-state index in [0.29, 0.717) is 11.6 Å². The Bertz CT molecular complexity index is 352. The smallest absolute Gasteiger partial charge is 0.239 e. The van der Waals surface area contributed by atoms with E-state index in [9.17, 15) is 4.79 Å². The van der Waals surface area contributed by atoms with Crippen LogP contribution in [-0.2, 0) is 4.79 Å². The van der Waals surface area contributed by atoms with E-state index < -0.39 is 0 Å². The number of nitrogens with one attached hydrogen (secondary N) is 2. The first-order valence-electron chi connectivity index (χ1n) is 4.90. The molecule has 1 rings (SSSR count). The van der Waals surface area contributed by atoms with Gasteiger partial charge in [-0.1, -0.05) is 17.7 Å². The zero-order valence-corrected chi connectivity index (χ0v) is 9.69. The molecule has 0 spiro atoms. The highest BCUT2D eigenvalue weighted by molar-refractivity contribution is 6.33. The molecule has 0 heterocycles. The monoisotopic (exact) mass is 226 g/mol. The molecule has 0 aliphatic carbocycles. The summed E-state index contributed by atoms with van der Waals surface area (Å²) in [5.41, 5.74) is 1.89. The predicted molar refractivity (Wildman–Crippen MR) is 63.4 cm³/mol. The van der Waals surface area contributed by atoms with Crippen LogP contribution in [0, 0.1) is 6.92 Å². The van der Waals surface area contributed by atoms with E-state index in [4.69, 9.17) is 11.6 Å². The van der Waals surface area contributed by atoms with E-state index in [0.717, 1.165) is 11.3 Å². The van der Waals surface area contributed by atoms with E-state index in [1.54, 1.807) is 0 Å². The van der Waals surface area contributed by atoms with E-state index in [-0.39, 0.29) is 12.5 Å². The first-order chi connectivity index (χ1) is 7.13. The molecule has 0 fully saturated rings. The minimum atomic E-state index is -0.0332. The van der Waals surface area contributed by atoms with Gasteiger partial charge in [-0.05, 0) is 31.5 Å². The van der Waals surface area contributed by atoms with Crippen LogP contribution in [0.15, 0.2) is 18.2 Å². The van der Waals surface area contributed by atoms with Gasteiger partial charge >= 0.3 is 0 Å². The third kappa shape index (κ3) is 3.80. The normalized spacial score (nSPS) is 9.80. The molecule has 0 aliphatic rings. The lowest BCUT2D eigenvalue weighted by molar-refractivity contribution is -0.119. The van der Waals surface area contributed by atoms with Crippen molar-refractivity contribution in [3.05, 3.63) is 28.8 Å². The van der Waals surface area contributed by atoms with Gasteiger partial charge in [-0.25, -0.2) is 0 Å². The van der Waals surface area contributed by atoms with Gasteiger partial charge in [-0.3, -0.25) is 4.79 Å². The lowest BCUT2D eigenvalue weighted by atomic mass is 10.2. The molecule has 0 bridgehead atoms. The molecule has 0 atom stereocenters. The molecule has 1 aromatic carbocycles. The second-order valence-electron chi connectivity index (χ2n) is 3.29. The van der Waals surface area contributed by atoms with Crippen LogP contribution in [0.4, 0.5) is 5.69 Å². The minimum Gasteiger partial charge on any atom is -0.375 e. The summed E-state index contributed by atoms with van der Waals surface area (Å²) in [6, 6.07) is 5.68. The van der Waals surface area contributed by atoms with Gasteiger partial charge in [0.25, 0.3) is 0 Å². The molecule has 82 valence electrons. The summed E-state index contributed by atoms with van der Waals surface area (Å²) in [6.07, 6.45) is 0. The average molecular weight is 227 g/mol. The maximum Gasteiger partial charge on any atom is 0.239 e. The molecule has 3 nitrogen and oxygen atoms in total. The number of hydrogen-bond donors (Lipinski definition) is 2. The Balaban J connectivity index is 2.54. The molecule has 0 unspecified atom stereocenters. The van der Waals surface area contributed by atoms with Gasteiger partial charge in [0.15, 0.2) is 0 Å². The lowest BCUT2D eigenvalue weighted by Crippen LogP contribution is -2.29. The van der Waals surface area contributed by atoms with Crippen molar-refractivity contribution in [3.8, 4) is 0 Å². The number of halogens is 1. The SMILES string of the molecule is CCNC(=O)CNc1ccc(C)cc1Cl. The quantitative estimate of drug-likeness (QED) is 0.827. The van der Waals surface area contributed by atoms with Crippen molar-refractivity contribution >= 4 is 23.2 Å². The zero-order valence-electron chi connectivity index (χ0n) is 8.93. The van der Waals surface area contributed by atoms with Gasteiger partial charge in [0.2, 0.25) is 5.91 Å². The number of aryl methyl sites for hydroxylation is 1. The summed E-state index contributed by atoms with van der Waals surface area (Å²) in [5.74, 6) is -0.0332. The first-order valence-corrected chi connectivity index (χ1v) is 5.28. The molecule has 1 aromatic rings. The van der Waals surface area contributed by atoms with Crippen LogP contribution in [0.1, 0.15) is 12.5 Å². The Morgan fingerprint density at radius 1 is 1.47 bits per heavy atom.